The maximum Gasteiger partial charge on any atom is 0.255 e. The van der Waals surface area contributed by atoms with E-state index in [4.69, 9.17) is 9.47 Å². The molecule has 2 fully saturated rings. The lowest BCUT2D eigenvalue weighted by atomic mass is 9.84. The minimum atomic E-state index is -0.318. The highest BCUT2D eigenvalue weighted by Gasteiger charge is 2.50. The van der Waals surface area contributed by atoms with E-state index in [9.17, 15) is 4.79 Å². The van der Waals surface area contributed by atoms with Crippen molar-refractivity contribution in [3.63, 3.8) is 0 Å². The van der Waals surface area contributed by atoms with Gasteiger partial charge in [-0.15, -0.1) is 0 Å². The van der Waals surface area contributed by atoms with Crippen molar-refractivity contribution in [3.8, 4) is 5.88 Å². The minimum absolute atomic E-state index is 0.0234. The Hall–Kier alpha value is -2.61. The van der Waals surface area contributed by atoms with Gasteiger partial charge in [0.05, 0.1) is 43.9 Å². The molecule has 4 rings (SSSR count). The lowest BCUT2D eigenvalue weighted by Crippen LogP contribution is -2.67. The van der Waals surface area contributed by atoms with Crippen LogP contribution in [0.4, 0.5) is 0 Å². The van der Waals surface area contributed by atoms with Crippen LogP contribution in [0.15, 0.2) is 37.1 Å². The highest BCUT2D eigenvalue weighted by Crippen LogP contribution is 2.36. The molecule has 124 valence electrons. The number of carbonyl (C=O) groups excluding carboxylic acids is 1. The lowest BCUT2D eigenvalue weighted by Gasteiger charge is -2.52. The fourth-order valence-electron chi connectivity index (χ4n) is 3.21. The summed E-state index contributed by atoms with van der Waals surface area (Å²) in [5.41, 5.74) is 0.226. The fraction of sp³-hybridized carbons (Fsp3) is 0.438. The lowest BCUT2D eigenvalue weighted by molar-refractivity contribution is -0.174. The van der Waals surface area contributed by atoms with Crippen molar-refractivity contribution in [1.29, 1.82) is 0 Å². The topological polar surface area (TPSA) is 90.3 Å². The van der Waals surface area contributed by atoms with E-state index in [-0.39, 0.29) is 17.6 Å². The summed E-state index contributed by atoms with van der Waals surface area (Å²) in [5, 5.41) is 7.44. The Labute approximate surface area is 138 Å². The van der Waals surface area contributed by atoms with Crippen LogP contribution in [0.3, 0.4) is 0 Å². The zero-order chi connectivity index (χ0) is 16.4. The van der Waals surface area contributed by atoms with Crippen molar-refractivity contribution in [2.45, 2.75) is 24.5 Å². The van der Waals surface area contributed by atoms with E-state index in [0.717, 1.165) is 12.8 Å². The monoisotopic (exact) mass is 327 g/mol. The molecule has 2 aliphatic rings. The van der Waals surface area contributed by atoms with Gasteiger partial charge >= 0.3 is 0 Å². The number of aromatic nitrogens is 4. The molecule has 2 aromatic rings. The van der Waals surface area contributed by atoms with Gasteiger partial charge in [-0.1, -0.05) is 0 Å². The molecule has 1 atom stereocenters. The molecule has 2 aliphatic heterocycles. The van der Waals surface area contributed by atoms with Gasteiger partial charge < -0.3 is 14.4 Å². The van der Waals surface area contributed by atoms with Crippen LogP contribution in [0.5, 0.6) is 5.88 Å². The Morgan fingerprint density at radius 2 is 2.17 bits per heavy atom. The first kappa shape index (κ1) is 14.9. The number of carbonyl (C=O) groups is 1. The van der Waals surface area contributed by atoms with Gasteiger partial charge in [0.2, 0.25) is 5.88 Å². The van der Waals surface area contributed by atoms with E-state index >= 15 is 0 Å². The number of nitrogens with zero attached hydrogens (tertiary/aromatic N) is 5. The molecule has 0 bridgehead atoms. The summed E-state index contributed by atoms with van der Waals surface area (Å²) in [4.78, 5) is 22.3. The van der Waals surface area contributed by atoms with Crippen LogP contribution in [0.1, 0.15) is 23.2 Å². The van der Waals surface area contributed by atoms with Crippen LogP contribution in [0.25, 0.3) is 0 Å². The molecule has 0 saturated carbocycles. The first-order chi connectivity index (χ1) is 11.7. The zero-order valence-electron chi connectivity index (χ0n) is 13.0. The van der Waals surface area contributed by atoms with Crippen molar-refractivity contribution in [2.75, 3.05) is 19.7 Å². The van der Waals surface area contributed by atoms with Gasteiger partial charge in [-0.3, -0.25) is 9.78 Å². The molecule has 1 spiro atoms. The van der Waals surface area contributed by atoms with E-state index in [1.54, 1.807) is 29.6 Å². The van der Waals surface area contributed by atoms with Gasteiger partial charge in [0.25, 0.3) is 5.91 Å². The Morgan fingerprint density at radius 1 is 1.25 bits per heavy atom. The third-order valence-corrected chi connectivity index (χ3v) is 4.35. The van der Waals surface area contributed by atoms with Crippen molar-refractivity contribution >= 4 is 5.91 Å². The fourth-order valence-corrected chi connectivity index (χ4v) is 3.21. The predicted octanol–water partition coefficient (Wildman–Crippen LogP) is 0.719. The molecule has 0 N–H and O–H groups in total. The van der Waals surface area contributed by atoms with Crippen LogP contribution >= 0.6 is 0 Å². The Morgan fingerprint density at radius 3 is 2.92 bits per heavy atom. The SMILES string of the molecule is O=C(c1ccnnc1)N1CC2(C[C@@H](Oc3cnccn3)CCO2)C1. The first-order valence-corrected chi connectivity index (χ1v) is 7.87. The highest BCUT2D eigenvalue weighted by atomic mass is 16.5. The van der Waals surface area contributed by atoms with Gasteiger partial charge in [0, 0.05) is 25.2 Å². The summed E-state index contributed by atoms with van der Waals surface area (Å²) in [6, 6.07) is 1.67. The Bertz CT molecular complexity index is 706. The molecule has 1 amide bonds. The van der Waals surface area contributed by atoms with Crippen molar-refractivity contribution in [3.05, 3.63) is 42.6 Å². The average molecular weight is 327 g/mol. The Balaban J connectivity index is 1.36. The van der Waals surface area contributed by atoms with Crippen LogP contribution in [-0.2, 0) is 4.74 Å². The second-order valence-electron chi connectivity index (χ2n) is 6.10. The highest BCUT2D eigenvalue weighted by molar-refractivity contribution is 5.94. The van der Waals surface area contributed by atoms with Crippen LogP contribution in [-0.4, -0.2) is 62.4 Å². The summed E-state index contributed by atoms with van der Waals surface area (Å²) in [7, 11) is 0. The molecule has 0 aromatic carbocycles. The van der Waals surface area contributed by atoms with Crippen molar-refractivity contribution in [2.24, 2.45) is 0 Å². The molecule has 2 saturated heterocycles. The molecule has 8 nitrogen and oxygen atoms in total. The molecule has 8 heteroatoms. The van der Waals surface area contributed by atoms with Crippen LogP contribution in [0, 0.1) is 0 Å². The number of likely N-dealkylation sites (tertiary alicyclic amines) is 1. The van der Waals surface area contributed by atoms with E-state index < -0.39 is 0 Å². The molecular formula is C16H17N5O3. The smallest absolute Gasteiger partial charge is 0.255 e. The molecule has 0 unspecified atom stereocenters. The molecule has 0 radical (unpaired) electrons. The first-order valence-electron chi connectivity index (χ1n) is 7.87. The standard InChI is InChI=1S/C16H17N5O3/c22-15(12-1-3-19-20-8-12)21-10-16(11-21)7-13(2-6-23-16)24-14-9-17-4-5-18-14/h1,3-5,8-9,13H,2,6-7,10-11H2/t13-/m0/s1. The summed E-state index contributed by atoms with van der Waals surface area (Å²) >= 11 is 0. The van der Waals surface area contributed by atoms with Gasteiger partial charge in [-0.05, 0) is 6.07 Å². The number of hydrogen-bond acceptors (Lipinski definition) is 7. The van der Waals surface area contributed by atoms with E-state index in [0.29, 0.717) is 31.1 Å². The third-order valence-electron chi connectivity index (χ3n) is 4.35. The van der Waals surface area contributed by atoms with E-state index in [2.05, 4.69) is 20.2 Å². The second-order valence-corrected chi connectivity index (χ2v) is 6.10. The largest absolute Gasteiger partial charge is 0.473 e. The summed E-state index contributed by atoms with van der Waals surface area (Å²) in [6.45, 7) is 1.74. The van der Waals surface area contributed by atoms with Crippen molar-refractivity contribution < 1.29 is 14.3 Å². The number of rotatable bonds is 3. The van der Waals surface area contributed by atoms with E-state index in [1.165, 1.54) is 12.4 Å². The van der Waals surface area contributed by atoms with E-state index in [1.807, 2.05) is 0 Å². The van der Waals surface area contributed by atoms with Gasteiger partial charge in [-0.25, -0.2) is 4.98 Å². The summed E-state index contributed by atoms with van der Waals surface area (Å²) in [5.74, 6) is 0.478. The van der Waals surface area contributed by atoms with Gasteiger partial charge in [0.15, 0.2) is 0 Å². The van der Waals surface area contributed by atoms with Crippen molar-refractivity contribution in [1.82, 2.24) is 25.1 Å². The number of ether oxygens (including phenoxy) is 2. The van der Waals surface area contributed by atoms with Gasteiger partial charge in [-0.2, -0.15) is 10.2 Å². The average Bonchev–Trinajstić information content (AvgIpc) is 2.61. The summed E-state index contributed by atoms with van der Waals surface area (Å²) < 4.78 is 11.8. The molecule has 2 aromatic heterocycles. The zero-order valence-corrected chi connectivity index (χ0v) is 13.0. The molecule has 4 heterocycles. The third kappa shape index (κ3) is 2.92. The summed E-state index contributed by atoms with van der Waals surface area (Å²) in [6.07, 6.45) is 9.39. The normalized spacial score (nSPS) is 22.0. The molecule has 0 aliphatic carbocycles. The minimum Gasteiger partial charge on any atom is -0.473 e. The maximum absolute atomic E-state index is 12.4. The van der Waals surface area contributed by atoms with Crippen LogP contribution in [0.2, 0.25) is 0 Å². The Kier molecular flexibility index (Phi) is 3.81. The second kappa shape index (κ2) is 6.12. The number of amides is 1. The quantitative estimate of drug-likeness (QED) is 0.820. The number of hydrogen-bond donors (Lipinski definition) is 0. The molecule has 24 heavy (non-hydrogen) atoms. The maximum atomic E-state index is 12.4. The predicted molar refractivity (Wildman–Crippen MR) is 82.3 cm³/mol. The van der Waals surface area contributed by atoms with Crippen LogP contribution < -0.4 is 4.74 Å². The molecular weight excluding hydrogens is 310 g/mol. The van der Waals surface area contributed by atoms with Gasteiger partial charge in [0.1, 0.15) is 11.7 Å².